The molecule has 9 aromatic carbocycles. The summed E-state index contributed by atoms with van der Waals surface area (Å²) in [5.74, 6) is 0. The maximum absolute atomic E-state index is 2.41. The summed E-state index contributed by atoms with van der Waals surface area (Å²) in [5.41, 5.74) is 12.1. The number of hydrogen-bond donors (Lipinski definition) is 0. The van der Waals surface area contributed by atoms with Crippen molar-refractivity contribution in [2.75, 3.05) is 0 Å². The second-order valence-corrected chi connectivity index (χ2v) is 13.8. The van der Waals surface area contributed by atoms with Crippen LogP contribution in [0.3, 0.4) is 0 Å². The zero-order valence-electron chi connectivity index (χ0n) is 28.4. The molecule has 2 heteroatoms. The Labute approximate surface area is 301 Å². The molecule has 242 valence electrons. The van der Waals surface area contributed by atoms with Crippen molar-refractivity contribution in [1.82, 2.24) is 9.13 Å². The number of benzene rings is 9. The third-order valence-electron chi connectivity index (χ3n) is 10.9. The lowest BCUT2D eigenvalue weighted by atomic mass is 9.99. The second-order valence-electron chi connectivity index (χ2n) is 13.8. The van der Waals surface area contributed by atoms with Gasteiger partial charge >= 0.3 is 0 Å². The Morgan fingerprint density at radius 1 is 0.250 bits per heavy atom. The summed E-state index contributed by atoms with van der Waals surface area (Å²) in [7, 11) is 0. The molecule has 0 aliphatic heterocycles. The van der Waals surface area contributed by atoms with Gasteiger partial charge in [0.1, 0.15) is 0 Å². The molecule has 0 radical (unpaired) electrons. The molecule has 0 aliphatic carbocycles. The van der Waals surface area contributed by atoms with E-state index in [1.54, 1.807) is 0 Å². The van der Waals surface area contributed by atoms with Gasteiger partial charge in [-0.3, -0.25) is 0 Å². The summed E-state index contributed by atoms with van der Waals surface area (Å²) >= 11 is 0. The lowest BCUT2D eigenvalue weighted by Crippen LogP contribution is -1.94. The summed E-state index contributed by atoms with van der Waals surface area (Å²) in [6.07, 6.45) is 0. The van der Waals surface area contributed by atoms with E-state index in [2.05, 4.69) is 203 Å². The van der Waals surface area contributed by atoms with Crippen LogP contribution in [0.2, 0.25) is 0 Å². The summed E-state index contributed by atoms with van der Waals surface area (Å²) in [6, 6.07) is 71.0. The molecular formula is C50H32N2. The highest BCUT2D eigenvalue weighted by Crippen LogP contribution is 2.40. The van der Waals surface area contributed by atoms with E-state index in [0.717, 1.165) is 5.69 Å². The van der Waals surface area contributed by atoms with E-state index in [0.29, 0.717) is 0 Å². The van der Waals surface area contributed by atoms with Gasteiger partial charge in [-0.2, -0.15) is 0 Å². The van der Waals surface area contributed by atoms with Gasteiger partial charge in [-0.25, -0.2) is 0 Å². The molecule has 2 heterocycles. The van der Waals surface area contributed by atoms with E-state index in [-0.39, 0.29) is 0 Å². The third-order valence-corrected chi connectivity index (χ3v) is 10.9. The lowest BCUT2D eigenvalue weighted by molar-refractivity contribution is 1.18. The summed E-state index contributed by atoms with van der Waals surface area (Å²) in [5, 5.41) is 10.1. The standard InChI is InChI=1S/C50H32N2/c1-2-13-40(14-3-1)52-48-28-24-39(32-45(48)50-42-15-7-6-11-35(42)22-29-49(50)52)38-23-27-47-44(31-38)43-16-8-9-17-46(43)51(47)41-25-20-34(21-26-41)37-19-18-33-10-4-5-12-36(33)30-37/h1-32H. The highest BCUT2D eigenvalue weighted by Gasteiger charge is 2.17. The zero-order valence-corrected chi connectivity index (χ0v) is 28.4. The van der Waals surface area contributed by atoms with Gasteiger partial charge in [-0.05, 0) is 111 Å². The molecule has 2 nitrogen and oxygen atoms in total. The Balaban J connectivity index is 1.06. The highest BCUT2D eigenvalue weighted by molar-refractivity contribution is 6.22. The maximum Gasteiger partial charge on any atom is 0.0547 e. The van der Waals surface area contributed by atoms with Crippen LogP contribution in [0.4, 0.5) is 0 Å². The lowest BCUT2D eigenvalue weighted by Gasteiger charge is -2.10. The second kappa shape index (κ2) is 11.3. The number of rotatable bonds is 4. The van der Waals surface area contributed by atoms with Gasteiger partial charge in [0.05, 0.1) is 22.1 Å². The van der Waals surface area contributed by atoms with Gasteiger partial charge in [0, 0.05) is 32.9 Å². The number of hydrogen-bond acceptors (Lipinski definition) is 0. The Hall–Kier alpha value is -6.90. The van der Waals surface area contributed by atoms with Crippen LogP contribution in [0.5, 0.6) is 0 Å². The molecule has 0 aliphatic rings. The van der Waals surface area contributed by atoms with E-state index in [1.807, 2.05) is 0 Å². The van der Waals surface area contributed by atoms with Crippen LogP contribution in [0.15, 0.2) is 194 Å². The van der Waals surface area contributed by atoms with Gasteiger partial charge in [0.15, 0.2) is 0 Å². The van der Waals surface area contributed by atoms with Crippen LogP contribution in [0.1, 0.15) is 0 Å². The number of aromatic nitrogens is 2. The van der Waals surface area contributed by atoms with Crippen molar-refractivity contribution < 1.29 is 0 Å². The average molecular weight is 661 g/mol. The molecule has 2 aromatic heterocycles. The third kappa shape index (κ3) is 4.38. The van der Waals surface area contributed by atoms with Crippen LogP contribution < -0.4 is 0 Å². The van der Waals surface area contributed by atoms with Gasteiger partial charge in [-0.15, -0.1) is 0 Å². The van der Waals surface area contributed by atoms with Crippen molar-refractivity contribution in [3.8, 4) is 33.6 Å². The highest BCUT2D eigenvalue weighted by atomic mass is 15.0. The van der Waals surface area contributed by atoms with Gasteiger partial charge < -0.3 is 9.13 Å². The molecule has 0 atom stereocenters. The monoisotopic (exact) mass is 660 g/mol. The molecule has 0 spiro atoms. The minimum atomic E-state index is 1.16. The van der Waals surface area contributed by atoms with E-state index < -0.39 is 0 Å². The van der Waals surface area contributed by atoms with Crippen molar-refractivity contribution in [2.24, 2.45) is 0 Å². The van der Waals surface area contributed by atoms with Crippen LogP contribution in [-0.2, 0) is 0 Å². The van der Waals surface area contributed by atoms with Gasteiger partial charge in [0.2, 0.25) is 0 Å². The quantitative estimate of drug-likeness (QED) is 0.178. The van der Waals surface area contributed by atoms with Crippen molar-refractivity contribution in [3.05, 3.63) is 194 Å². The number of nitrogens with zero attached hydrogens (tertiary/aromatic N) is 2. The molecular weight excluding hydrogens is 629 g/mol. The Bertz CT molecular complexity index is 3160. The van der Waals surface area contributed by atoms with Crippen molar-refractivity contribution >= 4 is 65.2 Å². The van der Waals surface area contributed by atoms with Crippen molar-refractivity contribution in [1.29, 1.82) is 0 Å². The molecule has 11 aromatic rings. The molecule has 0 bridgehead atoms. The Morgan fingerprint density at radius 3 is 1.56 bits per heavy atom. The number of para-hydroxylation sites is 2. The van der Waals surface area contributed by atoms with Gasteiger partial charge in [-0.1, -0.05) is 127 Å². The molecule has 52 heavy (non-hydrogen) atoms. The topological polar surface area (TPSA) is 9.86 Å². The largest absolute Gasteiger partial charge is 0.309 e. The minimum absolute atomic E-state index is 1.16. The summed E-state index contributed by atoms with van der Waals surface area (Å²) < 4.78 is 4.81. The van der Waals surface area contributed by atoms with Crippen LogP contribution in [-0.4, -0.2) is 9.13 Å². The van der Waals surface area contributed by atoms with E-state index in [9.17, 15) is 0 Å². The molecule has 0 N–H and O–H groups in total. The maximum atomic E-state index is 2.41. The first-order valence-corrected chi connectivity index (χ1v) is 17.9. The fourth-order valence-electron chi connectivity index (χ4n) is 8.43. The van der Waals surface area contributed by atoms with E-state index in [4.69, 9.17) is 0 Å². The first-order chi connectivity index (χ1) is 25.8. The molecule has 0 unspecified atom stereocenters. The van der Waals surface area contributed by atoms with Gasteiger partial charge in [0.25, 0.3) is 0 Å². The summed E-state index contributed by atoms with van der Waals surface area (Å²) in [6.45, 7) is 0. The molecule has 11 rings (SSSR count). The fourth-order valence-corrected chi connectivity index (χ4v) is 8.43. The molecule has 0 saturated carbocycles. The fraction of sp³-hybridized carbons (Fsp3) is 0. The Kier molecular flexibility index (Phi) is 6.28. The molecule has 0 fully saturated rings. The van der Waals surface area contributed by atoms with Crippen molar-refractivity contribution in [2.45, 2.75) is 0 Å². The predicted octanol–water partition coefficient (Wildman–Crippen LogP) is 13.5. The van der Waals surface area contributed by atoms with E-state index in [1.165, 1.54) is 93.1 Å². The summed E-state index contributed by atoms with van der Waals surface area (Å²) in [4.78, 5) is 0. The molecule has 0 amide bonds. The van der Waals surface area contributed by atoms with Crippen LogP contribution >= 0.6 is 0 Å². The normalized spacial score (nSPS) is 11.8. The zero-order chi connectivity index (χ0) is 34.2. The predicted molar refractivity (Wildman–Crippen MR) is 221 cm³/mol. The smallest absolute Gasteiger partial charge is 0.0547 e. The average Bonchev–Trinajstić information content (AvgIpc) is 3.73. The van der Waals surface area contributed by atoms with Crippen molar-refractivity contribution in [3.63, 3.8) is 0 Å². The molecule has 0 saturated heterocycles. The number of fused-ring (bicyclic) bond motifs is 9. The first kappa shape index (κ1) is 28.9. The van der Waals surface area contributed by atoms with Crippen LogP contribution in [0, 0.1) is 0 Å². The first-order valence-electron chi connectivity index (χ1n) is 17.9. The SMILES string of the molecule is c1ccc(-n2c3ccc(-c4ccc5c(c4)c4ccccc4n5-c4ccc(-c5ccc6ccccc6c5)cc4)cc3c3c4ccccc4ccc32)cc1. The Morgan fingerprint density at radius 2 is 0.750 bits per heavy atom. The van der Waals surface area contributed by atoms with Crippen LogP contribution in [0.25, 0.3) is 98.8 Å². The minimum Gasteiger partial charge on any atom is -0.309 e. The van der Waals surface area contributed by atoms with E-state index >= 15 is 0 Å².